The third-order valence-electron chi connectivity index (χ3n) is 2.50. The van der Waals surface area contributed by atoms with Crippen molar-refractivity contribution in [2.45, 2.75) is 6.92 Å². The fourth-order valence-corrected chi connectivity index (χ4v) is 2.23. The molecule has 0 bridgehead atoms. The van der Waals surface area contributed by atoms with Gasteiger partial charge in [0.1, 0.15) is 16.4 Å². The second-order valence-electron chi connectivity index (χ2n) is 4.14. The third kappa shape index (κ3) is 4.45. The first-order valence-electron chi connectivity index (χ1n) is 6.49. The molecule has 116 valence electrons. The van der Waals surface area contributed by atoms with Crippen molar-refractivity contribution in [3.63, 3.8) is 0 Å². The van der Waals surface area contributed by atoms with Crippen molar-refractivity contribution in [3.8, 4) is 11.5 Å². The number of nitrogens with one attached hydrogen (secondary N) is 1. The molecule has 2 amide bonds. The van der Waals surface area contributed by atoms with Crippen LogP contribution >= 0.6 is 11.3 Å². The lowest BCUT2D eigenvalue weighted by molar-refractivity contribution is -0.118. The smallest absolute Gasteiger partial charge is 0.264 e. The van der Waals surface area contributed by atoms with Crippen LogP contribution in [-0.2, 0) is 4.79 Å². The number of carbonyl (C=O) groups is 2. The lowest BCUT2D eigenvalue weighted by atomic mass is 10.3. The molecule has 3 N–H and O–H groups in total. The zero-order valence-electron chi connectivity index (χ0n) is 11.9. The van der Waals surface area contributed by atoms with E-state index in [1.54, 1.807) is 24.3 Å². The topological polar surface area (TPSA) is 104 Å². The lowest BCUT2D eigenvalue weighted by Gasteiger charge is -2.07. The number of hydrogen-bond acceptors (Lipinski definition) is 6. The van der Waals surface area contributed by atoms with Gasteiger partial charge in [0.25, 0.3) is 11.8 Å². The summed E-state index contributed by atoms with van der Waals surface area (Å²) in [7, 11) is 0. The van der Waals surface area contributed by atoms with E-state index in [2.05, 4.69) is 10.3 Å². The van der Waals surface area contributed by atoms with Crippen LogP contribution in [0.4, 0.5) is 5.13 Å². The number of rotatable bonds is 7. The number of amides is 2. The van der Waals surface area contributed by atoms with E-state index in [1.165, 1.54) is 6.20 Å². The van der Waals surface area contributed by atoms with Crippen LogP contribution < -0.4 is 20.5 Å². The second-order valence-corrected chi connectivity index (χ2v) is 5.17. The average molecular weight is 321 g/mol. The Morgan fingerprint density at radius 1 is 1.23 bits per heavy atom. The fraction of sp³-hybridized carbons (Fsp3) is 0.214. The number of carbonyl (C=O) groups excluding carboxylic acids is 2. The van der Waals surface area contributed by atoms with E-state index in [0.717, 1.165) is 17.1 Å². The lowest BCUT2D eigenvalue weighted by Crippen LogP contribution is -2.19. The monoisotopic (exact) mass is 321 g/mol. The number of ether oxygens (including phenoxy) is 2. The van der Waals surface area contributed by atoms with E-state index in [4.69, 9.17) is 15.2 Å². The number of nitrogens with two attached hydrogens (primary N) is 1. The fourth-order valence-electron chi connectivity index (χ4n) is 1.55. The maximum Gasteiger partial charge on any atom is 0.264 e. The van der Waals surface area contributed by atoms with Crippen LogP contribution in [0.25, 0.3) is 0 Å². The van der Waals surface area contributed by atoms with Crippen LogP contribution in [-0.4, -0.2) is 30.0 Å². The van der Waals surface area contributed by atoms with Gasteiger partial charge in [-0.1, -0.05) is 11.3 Å². The number of nitrogens with zero attached hydrogens (tertiary/aromatic N) is 1. The van der Waals surface area contributed by atoms with Gasteiger partial charge < -0.3 is 15.2 Å². The zero-order valence-corrected chi connectivity index (χ0v) is 12.7. The van der Waals surface area contributed by atoms with Gasteiger partial charge in [0.15, 0.2) is 11.7 Å². The Kier molecular flexibility index (Phi) is 5.31. The molecule has 0 spiro atoms. The van der Waals surface area contributed by atoms with Crippen molar-refractivity contribution in [3.05, 3.63) is 35.3 Å². The molecule has 0 atom stereocenters. The van der Waals surface area contributed by atoms with E-state index in [-0.39, 0.29) is 17.4 Å². The third-order valence-corrected chi connectivity index (χ3v) is 3.43. The predicted molar refractivity (Wildman–Crippen MR) is 82.4 cm³/mol. The number of benzene rings is 1. The van der Waals surface area contributed by atoms with Crippen LogP contribution in [0.2, 0.25) is 0 Å². The largest absolute Gasteiger partial charge is 0.494 e. The summed E-state index contributed by atoms with van der Waals surface area (Å²) < 4.78 is 10.7. The maximum absolute atomic E-state index is 11.7. The molecule has 0 aliphatic carbocycles. The molecule has 7 nitrogen and oxygen atoms in total. The minimum atomic E-state index is -0.580. The van der Waals surface area contributed by atoms with Crippen molar-refractivity contribution in [2.24, 2.45) is 5.73 Å². The summed E-state index contributed by atoms with van der Waals surface area (Å²) in [5.74, 6) is 0.333. The average Bonchev–Trinajstić information content (AvgIpc) is 2.95. The summed E-state index contributed by atoms with van der Waals surface area (Å²) in [4.78, 5) is 26.8. The minimum absolute atomic E-state index is 0.167. The number of thiazole rings is 1. The SMILES string of the molecule is CCOc1ccc(OCC(=O)Nc2ncc(C(N)=O)s2)cc1. The Morgan fingerprint density at radius 2 is 1.86 bits per heavy atom. The Bertz CT molecular complexity index is 654. The normalized spacial score (nSPS) is 10.0. The first-order chi connectivity index (χ1) is 10.6. The van der Waals surface area contributed by atoms with Gasteiger partial charge in [-0.3, -0.25) is 14.9 Å². The van der Waals surface area contributed by atoms with Crippen molar-refractivity contribution >= 4 is 28.3 Å². The Morgan fingerprint density at radius 3 is 2.41 bits per heavy atom. The summed E-state index contributed by atoms with van der Waals surface area (Å²) in [6.45, 7) is 2.32. The molecule has 2 aromatic rings. The zero-order chi connectivity index (χ0) is 15.9. The number of anilines is 1. The van der Waals surface area contributed by atoms with Gasteiger partial charge in [-0.15, -0.1) is 0 Å². The highest BCUT2D eigenvalue weighted by atomic mass is 32.1. The number of aromatic nitrogens is 1. The molecular weight excluding hydrogens is 306 g/mol. The molecule has 0 fully saturated rings. The molecule has 1 heterocycles. The molecule has 1 aromatic carbocycles. The van der Waals surface area contributed by atoms with Crippen LogP contribution in [0.1, 0.15) is 16.6 Å². The summed E-state index contributed by atoms with van der Waals surface area (Å²) in [6.07, 6.45) is 1.32. The molecule has 2 rings (SSSR count). The highest BCUT2D eigenvalue weighted by Crippen LogP contribution is 2.19. The summed E-state index contributed by atoms with van der Waals surface area (Å²) in [5.41, 5.74) is 5.11. The van der Waals surface area contributed by atoms with Crippen molar-refractivity contribution in [1.82, 2.24) is 4.98 Å². The molecule has 0 unspecified atom stereocenters. The highest BCUT2D eigenvalue weighted by molar-refractivity contribution is 7.17. The Balaban J connectivity index is 1.82. The van der Waals surface area contributed by atoms with Crippen LogP contribution in [0.5, 0.6) is 11.5 Å². The second kappa shape index (κ2) is 7.41. The highest BCUT2D eigenvalue weighted by Gasteiger charge is 2.10. The van der Waals surface area contributed by atoms with E-state index in [9.17, 15) is 9.59 Å². The van der Waals surface area contributed by atoms with Crippen LogP contribution in [0, 0.1) is 0 Å². The molecule has 0 saturated carbocycles. The molecule has 0 radical (unpaired) electrons. The van der Waals surface area contributed by atoms with Gasteiger partial charge in [0, 0.05) is 0 Å². The van der Waals surface area contributed by atoms with Gasteiger partial charge in [-0.2, -0.15) is 0 Å². The summed E-state index contributed by atoms with van der Waals surface area (Å²) >= 11 is 1.01. The molecule has 0 saturated heterocycles. The summed E-state index contributed by atoms with van der Waals surface area (Å²) in [5, 5.41) is 2.83. The molecule has 22 heavy (non-hydrogen) atoms. The van der Waals surface area contributed by atoms with Gasteiger partial charge in [-0.25, -0.2) is 4.98 Å². The first kappa shape index (κ1) is 15.8. The van der Waals surface area contributed by atoms with Gasteiger partial charge >= 0.3 is 0 Å². The molecule has 0 aliphatic rings. The predicted octanol–water partition coefficient (Wildman–Crippen LogP) is 1.66. The Hall–Kier alpha value is -2.61. The summed E-state index contributed by atoms with van der Waals surface area (Å²) in [6, 6.07) is 6.95. The van der Waals surface area contributed by atoms with Crippen molar-refractivity contribution in [1.29, 1.82) is 0 Å². The van der Waals surface area contributed by atoms with Gasteiger partial charge in [-0.05, 0) is 31.2 Å². The van der Waals surface area contributed by atoms with Crippen LogP contribution in [0.3, 0.4) is 0 Å². The van der Waals surface area contributed by atoms with E-state index in [1.807, 2.05) is 6.92 Å². The molecule has 1 aromatic heterocycles. The van der Waals surface area contributed by atoms with Crippen LogP contribution in [0.15, 0.2) is 30.5 Å². The van der Waals surface area contributed by atoms with Gasteiger partial charge in [0.2, 0.25) is 0 Å². The molecular formula is C14H15N3O4S. The van der Waals surface area contributed by atoms with Gasteiger partial charge in [0.05, 0.1) is 12.8 Å². The minimum Gasteiger partial charge on any atom is -0.494 e. The van der Waals surface area contributed by atoms with Crippen molar-refractivity contribution < 1.29 is 19.1 Å². The standard InChI is InChI=1S/C14H15N3O4S/c1-2-20-9-3-5-10(6-4-9)21-8-12(18)17-14-16-7-11(22-14)13(15)19/h3-7H,2,8H2,1H3,(H2,15,19)(H,16,17,18). The Labute approximate surface area is 131 Å². The first-order valence-corrected chi connectivity index (χ1v) is 7.31. The quantitative estimate of drug-likeness (QED) is 0.807. The van der Waals surface area contributed by atoms with E-state index < -0.39 is 5.91 Å². The number of primary amides is 1. The number of hydrogen-bond donors (Lipinski definition) is 2. The van der Waals surface area contributed by atoms with Crippen molar-refractivity contribution in [2.75, 3.05) is 18.5 Å². The molecule has 0 aliphatic heterocycles. The maximum atomic E-state index is 11.7. The van der Waals surface area contributed by atoms with E-state index in [0.29, 0.717) is 17.5 Å². The molecule has 8 heteroatoms. The van der Waals surface area contributed by atoms with E-state index >= 15 is 0 Å².